The highest BCUT2D eigenvalue weighted by Gasteiger charge is 2.21. The topological polar surface area (TPSA) is 58.3 Å². The van der Waals surface area contributed by atoms with Crippen LogP contribution < -0.4 is 5.32 Å². The molecular weight excluding hydrogens is 451 g/mol. The maximum atomic E-state index is 13.5. The Labute approximate surface area is 197 Å². The van der Waals surface area contributed by atoms with E-state index in [1.165, 1.54) is 12.1 Å². The number of nitrogens with one attached hydrogen (secondary N) is 1. The third-order valence-electron chi connectivity index (χ3n) is 5.03. The summed E-state index contributed by atoms with van der Waals surface area (Å²) in [6.45, 7) is 2.44. The third-order valence-corrected chi connectivity index (χ3v) is 5.76. The summed E-state index contributed by atoms with van der Waals surface area (Å²) in [7, 11) is 5.71. The zero-order valence-corrected chi connectivity index (χ0v) is 20.0. The SMILES string of the molecule is CC(c1nn(CN(C)CC(=O)Nc2ccccc2Cl)c(=S)n1-c1ccc(F)cc1)N(C)C. The number of nitrogens with zero attached hydrogens (tertiary/aromatic N) is 5. The molecule has 32 heavy (non-hydrogen) atoms. The average Bonchev–Trinajstić information content (AvgIpc) is 3.05. The molecule has 2 aromatic carbocycles. The molecule has 1 unspecified atom stereocenters. The Hall–Kier alpha value is -2.59. The number of hydrogen-bond acceptors (Lipinski definition) is 5. The molecule has 3 rings (SSSR count). The van der Waals surface area contributed by atoms with Gasteiger partial charge in [-0.05, 0) is 76.7 Å². The van der Waals surface area contributed by atoms with E-state index in [1.54, 1.807) is 53.0 Å². The lowest BCUT2D eigenvalue weighted by atomic mass is 10.2. The fourth-order valence-corrected chi connectivity index (χ4v) is 3.61. The van der Waals surface area contributed by atoms with Gasteiger partial charge in [0, 0.05) is 5.69 Å². The maximum Gasteiger partial charge on any atom is 0.238 e. The van der Waals surface area contributed by atoms with Gasteiger partial charge in [-0.1, -0.05) is 23.7 Å². The van der Waals surface area contributed by atoms with Gasteiger partial charge in [0.2, 0.25) is 10.7 Å². The van der Waals surface area contributed by atoms with Crippen molar-refractivity contribution in [3.8, 4) is 5.69 Å². The van der Waals surface area contributed by atoms with Crippen LogP contribution in [-0.4, -0.2) is 57.7 Å². The van der Waals surface area contributed by atoms with Crippen LogP contribution in [0.1, 0.15) is 18.8 Å². The van der Waals surface area contributed by atoms with Crippen molar-refractivity contribution in [2.45, 2.75) is 19.6 Å². The molecule has 7 nitrogen and oxygen atoms in total. The van der Waals surface area contributed by atoms with Crippen LogP contribution in [0, 0.1) is 10.6 Å². The fraction of sp³-hybridized carbons (Fsp3) is 0.318. The number of likely N-dealkylation sites (N-methyl/N-ethyl adjacent to an activating group) is 1. The van der Waals surface area contributed by atoms with Crippen LogP contribution in [0.2, 0.25) is 5.02 Å². The van der Waals surface area contributed by atoms with E-state index >= 15 is 0 Å². The molecule has 1 atom stereocenters. The summed E-state index contributed by atoms with van der Waals surface area (Å²) < 4.78 is 17.4. The number of carbonyl (C=O) groups excluding carboxylic acids is 1. The first-order valence-electron chi connectivity index (χ1n) is 10.0. The van der Waals surface area contributed by atoms with Gasteiger partial charge in [0.1, 0.15) is 5.82 Å². The van der Waals surface area contributed by atoms with E-state index in [1.807, 2.05) is 30.5 Å². The first-order chi connectivity index (χ1) is 15.2. The highest BCUT2D eigenvalue weighted by molar-refractivity contribution is 7.71. The van der Waals surface area contributed by atoms with E-state index < -0.39 is 0 Å². The van der Waals surface area contributed by atoms with Crippen LogP contribution in [0.5, 0.6) is 0 Å². The van der Waals surface area contributed by atoms with E-state index in [2.05, 4.69) is 5.32 Å². The second-order valence-corrected chi connectivity index (χ2v) is 8.55. The number of hydrogen-bond donors (Lipinski definition) is 1. The van der Waals surface area contributed by atoms with Crippen molar-refractivity contribution < 1.29 is 9.18 Å². The molecule has 0 spiro atoms. The Morgan fingerprint density at radius 1 is 1.19 bits per heavy atom. The summed E-state index contributed by atoms with van der Waals surface area (Å²) in [4.78, 5) is 16.3. The number of amides is 1. The number of para-hydroxylation sites is 1. The maximum absolute atomic E-state index is 13.5. The minimum Gasteiger partial charge on any atom is -0.324 e. The minimum absolute atomic E-state index is 0.0446. The largest absolute Gasteiger partial charge is 0.324 e. The molecule has 0 fully saturated rings. The standard InChI is InChI=1S/C22H26ClFN6OS/c1-15(27(2)3)21-26-29(22(32)30(21)17-11-9-16(24)10-12-17)14-28(4)13-20(31)25-19-8-6-5-7-18(19)23/h5-12,15H,13-14H2,1-4H3,(H,25,31). The number of aromatic nitrogens is 3. The van der Waals surface area contributed by atoms with Gasteiger partial charge in [0.25, 0.3) is 0 Å². The average molecular weight is 477 g/mol. The van der Waals surface area contributed by atoms with Gasteiger partial charge in [0.15, 0.2) is 5.82 Å². The Balaban J connectivity index is 1.82. The van der Waals surface area contributed by atoms with E-state index in [9.17, 15) is 9.18 Å². The summed E-state index contributed by atoms with van der Waals surface area (Å²) >= 11 is 11.8. The molecular formula is C22H26ClFN6OS. The Kier molecular flexibility index (Phi) is 7.78. The predicted octanol–water partition coefficient (Wildman–Crippen LogP) is 4.35. The molecule has 0 bridgehead atoms. The Morgan fingerprint density at radius 3 is 2.47 bits per heavy atom. The first kappa shape index (κ1) is 24.1. The third kappa shape index (κ3) is 5.60. The molecule has 1 aromatic heterocycles. The van der Waals surface area contributed by atoms with E-state index in [0.29, 0.717) is 22.1 Å². The van der Waals surface area contributed by atoms with Gasteiger partial charge < -0.3 is 5.32 Å². The summed E-state index contributed by atoms with van der Waals surface area (Å²) in [5.41, 5.74) is 1.29. The molecule has 1 N–H and O–H groups in total. The van der Waals surface area contributed by atoms with Crippen molar-refractivity contribution in [3.05, 3.63) is 70.0 Å². The molecule has 10 heteroatoms. The minimum atomic E-state index is -0.320. The van der Waals surface area contributed by atoms with E-state index in [-0.39, 0.29) is 24.3 Å². The second kappa shape index (κ2) is 10.4. The molecule has 1 amide bonds. The molecule has 0 saturated carbocycles. The van der Waals surface area contributed by atoms with Gasteiger partial charge >= 0.3 is 0 Å². The van der Waals surface area contributed by atoms with Crippen LogP contribution in [-0.2, 0) is 11.5 Å². The van der Waals surface area contributed by atoms with Crippen molar-refractivity contribution in [1.29, 1.82) is 0 Å². The highest BCUT2D eigenvalue weighted by atomic mass is 35.5. The Morgan fingerprint density at radius 2 is 1.84 bits per heavy atom. The van der Waals surface area contributed by atoms with Crippen LogP contribution in [0.25, 0.3) is 5.69 Å². The molecule has 0 saturated heterocycles. The molecule has 0 radical (unpaired) electrons. The number of benzene rings is 2. The smallest absolute Gasteiger partial charge is 0.238 e. The van der Waals surface area contributed by atoms with Crippen molar-refractivity contribution in [2.75, 3.05) is 33.0 Å². The van der Waals surface area contributed by atoms with Crippen molar-refractivity contribution in [1.82, 2.24) is 24.1 Å². The number of halogens is 2. The number of rotatable bonds is 8. The normalized spacial score (nSPS) is 12.4. The summed E-state index contributed by atoms with van der Waals surface area (Å²) in [6, 6.07) is 13.2. The fourth-order valence-electron chi connectivity index (χ4n) is 3.13. The van der Waals surface area contributed by atoms with Crippen LogP contribution in [0.15, 0.2) is 48.5 Å². The predicted molar refractivity (Wildman–Crippen MR) is 127 cm³/mol. The quantitative estimate of drug-likeness (QED) is 0.490. The summed E-state index contributed by atoms with van der Waals surface area (Å²) in [5.74, 6) is 0.201. The van der Waals surface area contributed by atoms with Crippen LogP contribution in [0.3, 0.4) is 0 Å². The summed E-state index contributed by atoms with van der Waals surface area (Å²) in [5, 5.41) is 8.01. The van der Waals surface area contributed by atoms with Crippen molar-refractivity contribution in [3.63, 3.8) is 0 Å². The van der Waals surface area contributed by atoms with Gasteiger partial charge in [-0.3, -0.25) is 19.2 Å². The van der Waals surface area contributed by atoms with Gasteiger partial charge in [-0.25, -0.2) is 9.07 Å². The van der Waals surface area contributed by atoms with Gasteiger partial charge in [-0.2, -0.15) is 5.10 Å². The first-order valence-corrected chi connectivity index (χ1v) is 10.8. The van der Waals surface area contributed by atoms with Crippen molar-refractivity contribution in [2.24, 2.45) is 0 Å². The molecule has 3 aromatic rings. The van der Waals surface area contributed by atoms with E-state index in [4.69, 9.17) is 28.9 Å². The van der Waals surface area contributed by atoms with Crippen LogP contribution in [0.4, 0.5) is 10.1 Å². The number of anilines is 1. The lowest BCUT2D eigenvalue weighted by Crippen LogP contribution is -2.32. The molecule has 0 aliphatic heterocycles. The lowest BCUT2D eigenvalue weighted by molar-refractivity contribution is -0.117. The lowest BCUT2D eigenvalue weighted by Gasteiger charge is -2.19. The monoisotopic (exact) mass is 476 g/mol. The Bertz CT molecular complexity index is 1140. The number of carbonyl (C=O) groups is 1. The second-order valence-electron chi connectivity index (χ2n) is 7.78. The van der Waals surface area contributed by atoms with Crippen molar-refractivity contribution >= 4 is 35.4 Å². The molecule has 0 aliphatic rings. The van der Waals surface area contributed by atoms with E-state index in [0.717, 1.165) is 11.5 Å². The van der Waals surface area contributed by atoms with Crippen LogP contribution >= 0.6 is 23.8 Å². The molecule has 0 aliphatic carbocycles. The molecule has 170 valence electrons. The zero-order valence-electron chi connectivity index (χ0n) is 18.4. The zero-order chi connectivity index (χ0) is 23.4. The molecule has 1 heterocycles. The highest BCUT2D eigenvalue weighted by Crippen LogP contribution is 2.22. The van der Waals surface area contributed by atoms with Gasteiger partial charge in [-0.15, -0.1) is 0 Å². The van der Waals surface area contributed by atoms with Gasteiger partial charge in [0.05, 0.1) is 30.0 Å². The summed E-state index contributed by atoms with van der Waals surface area (Å²) in [6.07, 6.45) is 0.